The molecule has 0 amide bonds. The van der Waals surface area contributed by atoms with Crippen molar-refractivity contribution in [1.29, 1.82) is 0 Å². The van der Waals surface area contributed by atoms with Crippen LogP contribution in [0, 0.1) is 6.92 Å². The SMILES string of the molecule is Cc1nccc(Cn2c(N)nc3cccnc32)n1. The largest absolute Gasteiger partial charge is 0.369 e. The van der Waals surface area contributed by atoms with Crippen LogP contribution in [0.1, 0.15) is 11.5 Å². The molecule has 18 heavy (non-hydrogen) atoms. The van der Waals surface area contributed by atoms with Gasteiger partial charge in [-0.1, -0.05) is 0 Å². The standard InChI is InChI=1S/C12H12N6/c1-8-14-6-4-9(16-8)7-18-11-10(17-12(18)13)3-2-5-15-11/h2-6H,7H2,1H3,(H2,13,17). The van der Waals surface area contributed by atoms with Crippen LogP contribution in [-0.2, 0) is 6.54 Å². The second-order valence-electron chi connectivity index (χ2n) is 4.00. The molecule has 0 aliphatic rings. The van der Waals surface area contributed by atoms with Gasteiger partial charge in [0.05, 0.1) is 12.2 Å². The van der Waals surface area contributed by atoms with Crippen molar-refractivity contribution in [1.82, 2.24) is 24.5 Å². The van der Waals surface area contributed by atoms with Gasteiger partial charge >= 0.3 is 0 Å². The van der Waals surface area contributed by atoms with Gasteiger partial charge in [-0.15, -0.1) is 0 Å². The summed E-state index contributed by atoms with van der Waals surface area (Å²) in [5.74, 6) is 1.18. The molecule has 6 heteroatoms. The summed E-state index contributed by atoms with van der Waals surface area (Å²) in [6.45, 7) is 2.40. The first kappa shape index (κ1) is 10.6. The molecule has 3 aromatic heterocycles. The van der Waals surface area contributed by atoms with E-state index in [2.05, 4.69) is 19.9 Å². The summed E-state index contributed by atoms with van der Waals surface area (Å²) < 4.78 is 1.84. The molecule has 0 fully saturated rings. The van der Waals surface area contributed by atoms with Gasteiger partial charge in [0.15, 0.2) is 5.65 Å². The zero-order valence-electron chi connectivity index (χ0n) is 9.91. The number of aryl methyl sites for hydroxylation is 1. The van der Waals surface area contributed by atoms with Crippen molar-refractivity contribution < 1.29 is 0 Å². The summed E-state index contributed by atoms with van der Waals surface area (Å²) in [5.41, 5.74) is 8.36. The Balaban J connectivity index is 2.07. The molecule has 0 saturated carbocycles. The van der Waals surface area contributed by atoms with E-state index in [9.17, 15) is 0 Å². The molecule has 2 N–H and O–H groups in total. The third-order valence-corrected chi connectivity index (χ3v) is 2.69. The summed E-state index contributed by atoms with van der Waals surface area (Å²) in [7, 11) is 0. The lowest BCUT2D eigenvalue weighted by atomic mass is 10.4. The predicted molar refractivity (Wildman–Crippen MR) is 67.8 cm³/mol. The molecule has 0 saturated heterocycles. The maximum atomic E-state index is 5.91. The highest BCUT2D eigenvalue weighted by molar-refractivity contribution is 5.73. The quantitative estimate of drug-likeness (QED) is 0.726. The van der Waals surface area contributed by atoms with Gasteiger partial charge in [-0.25, -0.2) is 19.9 Å². The number of nitrogens with zero attached hydrogens (tertiary/aromatic N) is 5. The van der Waals surface area contributed by atoms with Gasteiger partial charge in [0, 0.05) is 12.4 Å². The average molecular weight is 240 g/mol. The molecular formula is C12H12N6. The van der Waals surface area contributed by atoms with Crippen LogP contribution in [-0.4, -0.2) is 24.5 Å². The third kappa shape index (κ3) is 1.77. The summed E-state index contributed by atoms with van der Waals surface area (Å²) in [6.07, 6.45) is 3.46. The average Bonchev–Trinajstić information content (AvgIpc) is 2.66. The number of fused-ring (bicyclic) bond motifs is 1. The number of hydrogen-bond acceptors (Lipinski definition) is 5. The van der Waals surface area contributed by atoms with Crippen LogP contribution in [0.4, 0.5) is 5.95 Å². The van der Waals surface area contributed by atoms with E-state index < -0.39 is 0 Å². The first-order valence-electron chi connectivity index (χ1n) is 5.59. The number of nitrogen functional groups attached to an aromatic ring is 1. The van der Waals surface area contributed by atoms with Crippen molar-refractivity contribution >= 4 is 17.1 Å². The van der Waals surface area contributed by atoms with Crippen LogP contribution in [0.25, 0.3) is 11.2 Å². The summed E-state index contributed by atoms with van der Waals surface area (Å²) in [5, 5.41) is 0. The molecular weight excluding hydrogens is 228 g/mol. The fourth-order valence-corrected chi connectivity index (χ4v) is 1.89. The minimum Gasteiger partial charge on any atom is -0.369 e. The molecule has 3 aromatic rings. The highest BCUT2D eigenvalue weighted by Crippen LogP contribution is 2.16. The Morgan fingerprint density at radius 2 is 2.06 bits per heavy atom. The Morgan fingerprint density at radius 3 is 2.89 bits per heavy atom. The topological polar surface area (TPSA) is 82.5 Å². The molecule has 0 bridgehead atoms. The number of imidazole rings is 1. The van der Waals surface area contributed by atoms with Crippen molar-refractivity contribution in [3.05, 3.63) is 42.1 Å². The van der Waals surface area contributed by atoms with E-state index in [4.69, 9.17) is 5.73 Å². The first-order chi connectivity index (χ1) is 8.74. The molecule has 90 valence electrons. The lowest BCUT2D eigenvalue weighted by Gasteiger charge is -2.05. The lowest BCUT2D eigenvalue weighted by molar-refractivity contribution is 0.787. The zero-order valence-corrected chi connectivity index (χ0v) is 9.91. The van der Waals surface area contributed by atoms with Crippen molar-refractivity contribution in [2.24, 2.45) is 0 Å². The van der Waals surface area contributed by atoms with Crippen LogP contribution < -0.4 is 5.73 Å². The number of nitrogens with two attached hydrogens (primary N) is 1. The van der Waals surface area contributed by atoms with Crippen LogP contribution >= 0.6 is 0 Å². The number of rotatable bonds is 2. The van der Waals surface area contributed by atoms with E-state index in [0.717, 1.165) is 22.7 Å². The number of pyridine rings is 1. The highest BCUT2D eigenvalue weighted by atomic mass is 15.2. The van der Waals surface area contributed by atoms with Gasteiger partial charge in [0.1, 0.15) is 11.3 Å². The second-order valence-corrected chi connectivity index (χ2v) is 4.00. The van der Waals surface area contributed by atoms with Gasteiger partial charge in [-0.05, 0) is 25.1 Å². The van der Waals surface area contributed by atoms with Crippen LogP contribution in [0.2, 0.25) is 0 Å². The van der Waals surface area contributed by atoms with Crippen molar-refractivity contribution in [2.45, 2.75) is 13.5 Å². The normalized spacial score (nSPS) is 10.9. The summed E-state index contributed by atoms with van der Waals surface area (Å²) in [6, 6.07) is 5.59. The molecule has 0 aliphatic carbocycles. The molecule has 6 nitrogen and oxygen atoms in total. The van der Waals surface area contributed by atoms with Crippen LogP contribution in [0.5, 0.6) is 0 Å². The number of hydrogen-bond donors (Lipinski definition) is 1. The Bertz CT molecular complexity index is 703. The van der Waals surface area contributed by atoms with E-state index in [1.165, 1.54) is 0 Å². The van der Waals surface area contributed by atoms with Gasteiger partial charge in [0.2, 0.25) is 5.95 Å². The van der Waals surface area contributed by atoms with E-state index in [0.29, 0.717) is 12.5 Å². The van der Waals surface area contributed by atoms with Gasteiger partial charge < -0.3 is 5.73 Å². The van der Waals surface area contributed by atoms with E-state index >= 15 is 0 Å². The fourth-order valence-electron chi connectivity index (χ4n) is 1.89. The zero-order chi connectivity index (χ0) is 12.5. The molecule has 0 aromatic carbocycles. The lowest BCUT2D eigenvalue weighted by Crippen LogP contribution is -2.07. The monoisotopic (exact) mass is 240 g/mol. The minimum absolute atomic E-state index is 0.444. The maximum absolute atomic E-state index is 5.91. The van der Waals surface area contributed by atoms with Crippen molar-refractivity contribution in [3.8, 4) is 0 Å². The maximum Gasteiger partial charge on any atom is 0.202 e. The Hall–Kier alpha value is -2.50. The van der Waals surface area contributed by atoms with E-state index in [1.54, 1.807) is 12.4 Å². The molecule has 0 radical (unpaired) electrons. The Morgan fingerprint density at radius 1 is 1.17 bits per heavy atom. The molecule has 3 rings (SSSR count). The second kappa shape index (κ2) is 4.06. The number of aromatic nitrogens is 5. The Labute approximate surface area is 104 Å². The predicted octanol–water partition coefficient (Wildman–Crippen LogP) is 1.16. The van der Waals surface area contributed by atoms with Gasteiger partial charge in [-0.3, -0.25) is 4.57 Å². The van der Waals surface area contributed by atoms with Gasteiger partial charge in [0.25, 0.3) is 0 Å². The molecule has 0 spiro atoms. The Kier molecular flexibility index (Phi) is 2.40. The molecule has 0 unspecified atom stereocenters. The summed E-state index contributed by atoms with van der Waals surface area (Å²) >= 11 is 0. The van der Waals surface area contributed by atoms with Crippen molar-refractivity contribution in [2.75, 3.05) is 5.73 Å². The molecule has 0 aliphatic heterocycles. The highest BCUT2D eigenvalue weighted by Gasteiger charge is 2.09. The van der Waals surface area contributed by atoms with E-state index in [-0.39, 0.29) is 0 Å². The fraction of sp³-hybridized carbons (Fsp3) is 0.167. The van der Waals surface area contributed by atoms with Crippen LogP contribution in [0.15, 0.2) is 30.6 Å². The molecule has 0 atom stereocenters. The molecule has 3 heterocycles. The number of anilines is 1. The van der Waals surface area contributed by atoms with Crippen LogP contribution in [0.3, 0.4) is 0 Å². The van der Waals surface area contributed by atoms with Crippen molar-refractivity contribution in [3.63, 3.8) is 0 Å². The first-order valence-corrected chi connectivity index (χ1v) is 5.59. The summed E-state index contributed by atoms with van der Waals surface area (Å²) in [4.78, 5) is 17.0. The van der Waals surface area contributed by atoms with Gasteiger partial charge in [-0.2, -0.15) is 0 Å². The third-order valence-electron chi connectivity index (χ3n) is 2.69. The van der Waals surface area contributed by atoms with E-state index in [1.807, 2.05) is 29.7 Å². The smallest absolute Gasteiger partial charge is 0.202 e. The minimum atomic E-state index is 0.444.